The van der Waals surface area contributed by atoms with Crippen molar-refractivity contribution in [3.63, 3.8) is 0 Å². The summed E-state index contributed by atoms with van der Waals surface area (Å²) >= 11 is 3.26. The molecule has 15 heavy (non-hydrogen) atoms. The van der Waals surface area contributed by atoms with Crippen LogP contribution in [0.4, 0.5) is 4.39 Å². The Kier molecular flexibility index (Phi) is 5.53. The van der Waals surface area contributed by atoms with Crippen molar-refractivity contribution in [2.24, 2.45) is 0 Å². The fraction of sp³-hybridized carbons (Fsp3) is 0.273. The van der Waals surface area contributed by atoms with E-state index in [1.807, 2.05) is 0 Å². The minimum atomic E-state index is -0.274. The summed E-state index contributed by atoms with van der Waals surface area (Å²) in [6.45, 7) is 0.585. The maximum absolute atomic E-state index is 13.2. The fourth-order valence-electron chi connectivity index (χ4n) is 1.03. The van der Waals surface area contributed by atoms with Gasteiger partial charge < -0.3 is 9.84 Å². The fourth-order valence-corrected chi connectivity index (χ4v) is 1.44. The molecule has 0 unspecified atom stereocenters. The van der Waals surface area contributed by atoms with Crippen molar-refractivity contribution in [3.8, 4) is 0 Å². The lowest BCUT2D eigenvalue weighted by Crippen LogP contribution is -1.96. The molecule has 0 saturated carbocycles. The lowest BCUT2D eigenvalue weighted by atomic mass is 10.2. The van der Waals surface area contributed by atoms with Crippen LogP contribution in [0.5, 0.6) is 0 Å². The molecule has 0 aliphatic carbocycles. The summed E-state index contributed by atoms with van der Waals surface area (Å²) < 4.78 is 19.2. The standard InChI is InChI=1S/C11H12BrFO2/c12-10-3-4-11(13)9(7-10)8-15-6-2-1-5-14/h1-4,7,14H,5-6,8H2/b2-1-. The third-order valence-electron chi connectivity index (χ3n) is 1.75. The first kappa shape index (κ1) is 12.4. The van der Waals surface area contributed by atoms with E-state index in [0.29, 0.717) is 12.2 Å². The Labute approximate surface area is 96.5 Å². The molecule has 2 nitrogen and oxygen atoms in total. The molecule has 0 fully saturated rings. The Bertz CT molecular complexity index is 339. The highest BCUT2D eigenvalue weighted by Crippen LogP contribution is 2.16. The molecule has 0 amide bonds. The lowest BCUT2D eigenvalue weighted by molar-refractivity contribution is 0.145. The van der Waals surface area contributed by atoms with Crippen LogP contribution < -0.4 is 0 Å². The van der Waals surface area contributed by atoms with Crippen molar-refractivity contribution in [1.82, 2.24) is 0 Å². The van der Waals surface area contributed by atoms with E-state index in [2.05, 4.69) is 15.9 Å². The summed E-state index contributed by atoms with van der Waals surface area (Å²) in [6, 6.07) is 4.72. The van der Waals surface area contributed by atoms with Crippen molar-refractivity contribution < 1.29 is 14.2 Å². The van der Waals surface area contributed by atoms with E-state index < -0.39 is 0 Å². The average molecular weight is 275 g/mol. The van der Waals surface area contributed by atoms with Gasteiger partial charge in [0.05, 0.1) is 19.8 Å². The SMILES string of the molecule is OC/C=C\COCc1cc(Br)ccc1F. The predicted molar refractivity (Wildman–Crippen MR) is 60.0 cm³/mol. The number of aliphatic hydroxyl groups excluding tert-OH is 1. The molecule has 0 aliphatic rings. The molecule has 1 rings (SSSR count). The molecule has 0 radical (unpaired) electrons. The van der Waals surface area contributed by atoms with Gasteiger partial charge >= 0.3 is 0 Å². The number of ether oxygens (including phenoxy) is 1. The van der Waals surface area contributed by atoms with Crippen LogP contribution in [-0.4, -0.2) is 18.3 Å². The molecule has 1 aromatic carbocycles. The molecule has 0 atom stereocenters. The van der Waals surface area contributed by atoms with Crippen molar-refractivity contribution >= 4 is 15.9 Å². The maximum Gasteiger partial charge on any atom is 0.128 e. The Hall–Kier alpha value is -0.710. The molecular weight excluding hydrogens is 263 g/mol. The van der Waals surface area contributed by atoms with Crippen LogP contribution in [0, 0.1) is 5.82 Å². The van der Waals surface area contributed by atoms with Crippen molar-refractivity contribution in [2.75, 3.05) is 13.2 Å². The van der Waals surface area contributed by atoms with Crippen molar-refractivity contribution in [3.05, 3.63) is 46.2 Å². The summed E-state index contributed by atoms with van der Waals surface area (Å²) in [5, 5.41) is 8.45. The Balaban J connectivity index is 2.43. The summed E-state index contributed by atoms with van der Waals surface area (Å²) in [5.74, 6) is -0.274. The molecule has 0 saturated heterocycles. The van der Waals surface area contributed by atoms with Gasteiger partial charge in [-0.15, -0.1) is 0 Å². The highest BCUT2D eigenvalue weighted by Gasteiger charge is 2.01. The zero-order valence-corrected chi connectivity index (χ0v) is 9.71. The summed E-state index contributed by atoms with van der Waals surface area (Å²) in [7, 11) is 0. The van der Waals surface area contributed by atoms with Gasteiger partial charge in [-0.05, 0) is 18.2 Å². The molecular formula is C11H12BrFO2. The third-order valence-corrected chi connectivity index (χ3v) is 2.24. The van der Waals surface area contributed by atoms with Crippen LogP contribution >= 0.6 is 15.9 Å². The molecule has 0 spiro atoms. The van der Waals surface area contributed by atoms with E-state index in [0.717, 1.165) is 4.47 Å². The average Bonchev–Trinajstić information content (AvgIpc) is 2.23. The maximum atomic E-state index is 13.2. The van der Waals surface area contributed by atoms with E-state index in [1.165, 1.54) is 6.07 Å². The Morgan fingerprint density at radius 3 is 2.93 bits per heavy atom. The first-order chi connectivity index (χ1) is 7.24. The number of hydrogen-bond donors (Lipinski definition) is 1. The molecule has 1 N–H and O–H groups in total. The zero-order chi connectivity index (χ0) is 11.1. The minimum absolute atomic E-state index is 0.00535. The van der Waals surface area contributed by atoms with Crippen LogP contribution in [0.1, 0.15) is 5.56 Å². The van der Waals surface area contributed by atoms with Gasteiger partial charge in [0.25, 0.3) is 0 Å². The van der Waals surface area contributed by atoms with Gasteiger partial charge in [0.1, 0.15) is 5.82 Å². The molecule has 4 heteroatoms. The summed E-state index contributed by atoms with van der Waals surface area (Å²) in [6.07, 6.45) is 3.27. The minimum Gasteiger partial charge on any atom is -0.392 e. The van der Waals surface area contributed by atoms with Crippen LogP contribution in [0.15, 0.2) is 34.8 Å². The topological polar surface area (TPSA) is 29.5 Å². The van der Waals surface area contributed by atoms with Crippen LogP contribution in [0.3, 0.4) is 0 Å². The molecule has 0 aromatic heterocycles. The quantitative estimate of drug-likeness (QED) is 0.661. The van der Waals surface area contributed by atoms with Gasteiger partial charge in [-0.3, -0.25) is 0 Å². The van der Waals surface area contributed by atoms with E-state index in [-0.39, 0.29) is 19.0 Å². The lowest BCUT2D eigenvalue weighted by Gasteiger charge is -2.03. The number of halogens is 2. The molecule has 1 aromatic rings. The number of hydrogen-bond acceptors (Lipinski definition) is 2. The van der Waals surface area contributed by atoms with Crippen LogP contribution in [0.2, 0.25) is 0 Å². The number of aliphatic hydroxyl groups is 1. The van der Waals surface area contributed by atoms with E-state index in [4.69, 9.17) is 9.84 Å². The second-order valence-electron chi connectivity index (χ2n) is 2.90. The van der Waals surface area contributed by atoms with Gasteiger partial charge in [-0.25, -0.2) is 4.39 Å². The second-order valence-corrected chi connectivity index (χ2v) is 3.82. The monoisotopic (exact) mass is 274 g/mol. The first-order valence-corrected chi connectivity index (χ1v) is 5.31. The van der Waals surface area contributed by atoms with Gasteiger partial charge in [0.15, 0.2) is 0 Å². The Morgan fingerprint density at radius 2 is 2.20 bits per heavy atom. The molecule has 0 heterocycles. The van der Waals surface area contributed by atoms with E-state index >= 15 is 0 Å². The molecule has 0 bridgehead atoms. The van der Waals surface area contributed by atoms with Crippen molar-refractivity contribution in [1.29, 1.82) is 0 Å². The third kappa shape index (κ3) is 4.55. The predicted octanol–water partition coefficient (Wildman–Crippen LogP) is 2.65. The van der Waals surface area contributed by atoms with Gasteiger partial charge in [-0.2, -0.15) is 0 Å². The second kappa shape index (κ2) is 6.71. The first-order valence-electron chi connectivity index (χ1n) is 4.51. The Morgan fingerprint density at radius 1 is 1.40 bits per heavy atom. The van der Waals surface area contributed by atoms with E-state index in [1.54, 1.807) is 24.3 Å². The molecule has 82 valence electrons. The van der Waals surface area contributed by atoms with Gasteiger partial charge in [0, 0.05) is 10.0 Å². The van der Waals surface area contributed by atoms with Crippen LogP contribution in [0.25, 0.3) is 0 Å². The highest BCUT2D eigenvalue weighted by molar-refractivity contribution is 9.10. The van der Waals surface area contributed by atoms with E-state index in [9.17, 15) is 4.39 Å². The van der Waals surface area contributed by atoms with Gasteiger partial charge in [0.2, 0.25) is 0 Å². The normalized spacial score (nSPS) is 11.1. The van der Waals surface area contributed by atoms with Crippen LogP contribution in [-0.2, 0) is 11.3 Å². The molecule has 0 aliphatic heterocycles. The zero-order valence-electron chi connectivity index (χ0n) is 8.12. The van der Waals surface area contributed by atoms with Crippen molar-refractivity contribution in [2.45, 2.75) is 6.61 Å². The largest absolute Gasteiger partial charge is 0.392 e. The highest BCUT2D eigenvalue weighted by atomic mass is 79.9. The van der Waals surface area contributed by atoms with Gasteiger partial charge in [-0.1, -0.05) is 28.1 Å². The summed E-state index contributed by atoms with van der Waals surface area (Å²) in [4.78, 5) is 0. The smallest absolute Gasteiger partial charge is 0.128 e. The summed E-state index contributed by atoms with van der Waals surface area (Å²) in [5.41, 5.74) is 0.516. The number of benzene rings is 1. The number of rotatable bonds is 5.